The lowest BCUT2D eigenvalue weighted by atomic mass is 10.1. The Morgan fingerprint density at radius 1 is 1.77 bits per heavy atom. The van der Waals surface area contributed by atoms with Gasteiger partial charge in [-0.3, -0.25) is 4.79 Å². The second kappa shape index (κ2) is 4.81. The molecule has 0 aliphatic carbocycles. The van der Waals surface area contributed by atoms with Crippen molar-refractivity contribution in [3.63, 3.8) is 0 Å². The molecular weight excluding hydrogens is 204 g/mol. The van der Waals surface area contributed by atoms with Crippen molar-refractivity contribution in [2.24, 2.45) is 11.7 Å². The minimum Gasteiger partial charge on any atom is -0.392 e. The van der Waals surface area contributed by atoms with E-state index in [1.807, 2.05) is 11.8 Å². The quantitative estimate of drug-likeness (QED) is 0.700. The maximum atomic E-state index is 11.7. The molecule has 0 aromatic heterocycles. The molecule has 1 rings (SSSR count). The Bertz CT molecular complexity index is 214. The molecule has 0 spiro atoms. The summed E-state index contributed by atoms with van der Waals surface area (Å²) in [4.78, 5) is 13.7. The van der Waals surface area contributed by atoms with E-state index in [1.54, 1.807) is 11.9 Å². The van der Waals surface area contributed by atoms with Crippen LogP contribution in [0.25, 0.3) is 0 Å². The number of likely N-dealkylation sites (N-methyl/N-ethyl adjacent to an activating group) is 1. The Labute approximate surface area is 88.0 Å². The summed E-state index contributed by atoms with van der Waals surface area (Å²) in [5.41, 5.74) is 5.36. The van der Waals surface area contributed by atoms with Gasteiger partial charge >= 0.3 is 0 Å². The van der Waals surface area contributed by atoms with Crippen LogP contribution in [0.5, 0.6) is 0 Å². The van der Waals surface area contributed by atoms with Crippen molar-refractivity contribution < 1.29 is 4.79 Å². The summed E-state index contributed by atoms with van der Waals surface area (Å²) in [6.07, 6.45) is 0.991. The van der Waals surface area contributed by atoms with Gasteiger partial charge in [0.2, 0.25) is 5.91 Å². The van der Waals surface area contributed by atoms with E-state index in [-0.39, 0.29) is 11.8 Å². The van der Waals surface area contributed by atoms with Gasteiger partial charge in [0.25, 0.3) is 0 Å². The maximum Gasteiger partial charge on any atom is 0.226 e. The topological polar surface area (TPSA) is 46.3 Å². The fraction of sp³-hybridized carbons (Fsp3) is 0.750. The van der Waals surface area contributed by atoms with Gasteiger partial charge in [0.15, 0.2) is 0 Å². The first-order valence-electron chi connectivity index (χ1n) is 4.22. The van der Waals surface area contributed by atoms with Crippen LogP contribution in [0.1, 0.15) is 6.42 Å². The van der Waals surface area contributed by atoms with E-state index in [0.717, 1.165) is 17.9 Å². The van der Waals surface area contributed by atoms with Crippen LogP contribution >= 0.6 is 24.0 Å². The third kappa shape index (κ3) is 3.15. The van der Waals surface area contributed by atoms with Crippen molar-refractivity contribution in [2.75, 3.05) is 25.1 Å². The molecule has 0 bridgehead atoms. The van der Waals surface area contributed by atoms with Gasteiger partial charge in [-0.1, -0.05) is 12.2 Å². The second-order valence-corrected chi connectivity index (χ2v) is 4.90. The molecule has 0 aromatic rings. The van der Waals surface area contributed by atoms with Gasteiger partial charge in [0, 0.05) is 18.7 Å². The van der Waals surface area contributed by atoms with Crippen LogP contribution in [0.3, 0.4) is 0 Å². The Kier molecular flexibility index (Phi) is 3.99. The van der Waals surface area contributed by atoms with Crippen molar-refractivity contribution >= 4 is 34.9 Å². The number of rotatable bonds is 3. The Morgan fingerprint density at radius 3 is 2.92 bits per heavy atom. The number of amides is 1. The van der Waals surface area contributed by atoms with Crippen LogP contribution in [0.2, 0.25) is 0 Å². The number of nitrogens with two attached hydrogens (primary N) is 1. The van der Waals surface area contributed by atoms with E-state index in [1.165, 1.54) is 0 Å². The molecule has 0 saturated carbocycles. The molecule has 1 aliphatic rings. The molecule has 0 aromatic carbocycles. The summed E-state index contributed by atoms with van der Waals surface area (Å²) >= 11 is 6.58. The highest BCUT2D eigenvalue weighted by Gasteiger charge is 2.25. The smallest absolute Gasteiger partial charge is 0.226 e. The lowest BCUT2D eigenvalue weighted by Gasteiger charge is -2.19. The number of thioether (sulfide) groups is 1. The summed E-state index contributed by atoms with van der Waals surface area (Å²) in [6, 6.07) is 0. The van der Waals surface area contributed by atoms with Gasteiger partial charge in [-0.05, 0) is 12.2 Å². The van der Waals surface area contributed by atoms with Crippen molar-refractivity contribution in [1.29, 1.82) is 0 Å². The molecule has 2 N–H and O–H groups in total. The van der Waals surface area contributed by atoms with Gasteiger partial charge < -0.3 is 10.6 Å². The molecule has 1 aliphatic heterocycles. The molecule has 1 fully saturated rings. The van der Waals surface area contributed by atoms with Crippen LogP contribution in [-0.4, -0.2) is 40.9 Å². The largest absolute Gasteiger partial charge is 0.392 e. The molecular formula is C8H14N2OS2. The SMILES string of the molecule is CN(CC(N)=S)C(=O)C1CCSC1. The lowest BCUT2D eigenvalue weighted by Crippen LogP contribution is -2.38. The zero-order valence-electron chi connectivity index (χ0n) is 7.66. The highest BCUT2D eigenvalue weighted by Crippen LogP contribution is 2.24. The summed E-state index contributed by atoms with van der Waals surface area (Å²) in [7, 11) is 1.75. The molecule has 1 atom stereocenters. The molecule has 74 valence electrons. The molecule has 5 heteroatoms. The van der Waals surface area contributed by atoms with Gasteiger partial charge in [-0.15, -0.1) is 0 Å². The summed E-state index contributed by atoms with van der Waals surface area (Å²) < 4.78 is 0. The van der Waals surface area contributed by atoms with Crippen LogP contribution in [0, 0.1) is 5.92 Å². The van der Waals surface area contributed by atoms with Gasteiger partial charge in [-0.25, -0.2) is 0 Å². The maximum absolute atomic E-state index is 11.7. The fourth-order valence-electron chi connectivity index (χ4n) is 1.35. The van der Waals surface area contributed by atoms with E-state index in [2.05, 4.69) is 0 Å². The van der Waals surface area contributed by atoms with E-state index < -0.39 is 0 Å². The summed E-state index contributed by atoms with van der Waals surface area (Å²) in [6.45, 7) is 0.398. The first kappa shape index (κ1) is 10.8. The standard InChI is InChI=1S/C8H14N2OS2/c1-10(4-7(9)12)8(11)6-2-3-13-5-6/h6H,2-5H2,1H3,(H2,9,12). The van der Waals surface area contributed by atoms with Crippen LogP contribution < -0.4 is 5.73 Å². The molecule has 1 saturated heterocycles. The van der Waals surface area contributed by atoms with Gasteiger partial charge in [0.1, 0.15) is 0 Å². The third-order valence-corrected chi connectivity index (χ3v) is 3.34. The number of thiocarbonyl (C=S) groups is 1. The van der Waals surface area contributed by atoms with E-state index >= 15 is 0 Å². The number of nitrogens with zero attached hydrogens (tertiary/aromatic N) is 1. The van der Waals surface area contributed by atoms with E-state index in [0.29, 0.717) is 11.5 Å². The third-order valence-electron chi connectivity index (χ3n) is 2.05. The van der Waals surface area contributed by atoms with E-state index in [9.17, 15) is 4.79 Å². The highest BCUT2D eigenvalue weighted by atomic mass is 32.2. The summed E-state index contributed by atoms with van der Waals surface area (Å²) in [5, 5.41) is 0. The number of carbonyl (C=O) groups excluding carboxylic acids is 1. The molecule has 1 heterocycles. The second-order valence-electron chi connectivity index (χ2n) is 3.22. The average molecular weight is 218 g/mol. The molecule has 3 nitrogen and oxygen atoms in total. The predicted molar refractivity (Wildman–Crippen MR) is 59.9 cm³/mol. The zero-order chi connectivity index (χ0) is 9.84. The van der Waals surface area contributed by atoms with Crippen molar-refractivity contribution in [1.82, 2.24) is 4.90 Å². The minimum absolute atomic E-state index is 0.179. The Hall–Kier alpha value is -0.290. The zero-order valence-corrected chi connectivity index (χ0v) is 9.29. The molecule has 0 radical (unpaired) electrons. The van der Waals surface area contributed by atoms with Crippen LogP contribution in [0.4, 0.5) is 0 Å². The van der Waals surface area contributed by atoms with Crippen molar-refractivity contribution in [2.45, 2.75) is 6.42 Å². The predicted octanol–water partition coefficient (Wildman–Crippen LogP) is 0.484. The first-order valence-corrected chi connectivity index (χ1v) is 5.78. The van der Waals surface area contributed by atoms with Crippen molar-refractivity contribution in [3.05, 3.63) is 0 Å². The minimum atomic E-state index is 0.179. The Morgan fingerprint density at radius 2 is 2.46 bits per heavy atom. The van der Waals surface area contributed by atoms with Crippen molar-refractivity contribution in [3.8, 4) is 0 Å². The molecule has 13 heavy (non-hydrogen) atoms. The number of hydrogen-bond acceptors (Lipinski definition) is 3. The van der Waals surface area contributed by atoms with Gasteiger partial charge in [0.05, 0.1) is 11.5 Å². The lowest BCUT2D eigenvalue weighted by molar-refractivity contribution is -0.132. The van der Waals surface area contributed by atoms with E-state index in [4.69, 9.17) is 18.0 Å². The number of carbonyl (C=O) groups is 1. The molecule has 1 unspecified atom stereocenters. The first-order chi connectivity index (χ1) is 6.11. The van der Waals surface area contributed by atoms with Crippen LogP contribution in [-0.2, 0) is 4.79 Å². The monoisotopic (exact) mass is 218 g/mol. The van der Waals surface area contributed by atoms with Crippen LogP contribution in [0.15, 0.2) is 0 Å². The average Bonchev–Trinajstić information content (AvgIpc) is 2.53. The Balaban J connectivity index is 2.41. The molecule has 1 amide bonds. The normalized spacial score (nSPS) is 21.5. The number of hydrogen-bond donors (Lipinski definition) is 1. The highest BCUT2D eigenvalue weighted by molar-refractivity contribution is 7.99. The summed E-state index contributed by atoms with van der Waals surface area (Å²) in [5.74, 6) is 2.40. The fourth-order valence-corrected chi connectivity index (χ4v) is 2.76. The van der Waals surface area contributed by atoms with Gasteiger partial charge in [-0.2, -0.15) is 11.8 Å².